The smallest absolute Gasteiger partial charge is 0.236 e. The van der Waals surface area contributed by atoms with Gasteiger partial charge in [0.25, 0.3) is 0 Å². The van der Waals surface area contributed by atoms with Crippen molar-refractivity contribution in [3.8, 4) is 0 Å². The molecular formula is C22H32N2O. The zero-order valence-corrected chi connectivity index (χ0v) is 15.8. The van der Waals surface area contributed by atoms with E-state index in [9.17, 15) is 4.79 Å². The Balaban J connectivity index is 1.44. The Labute approximate surface area is 152 Å². The third-order valence-corrected chi connectivity index (χ3v) is 5.93. The van der Waals surface area contributed by atoms with Crippen molar-refractivity contribution in [3.63, 3.8) is 0 Å². The van der Waals surface area contributed by atoms with Crippen LogP contribution in [0.1, 0.15) is 43.7 Å². The molecule has 0 spiro atoms. The van der Waals surface area contributed by atoms with E-state index in [1.54, 1.807) is 0 Å². The van der Waals surface area contributed by atoms with E-state index < -0.39 is 0 Å². The van der Waals surface area contributed by atoms with Crippen LogP contribution < -0.4 is 0 Å². The van der Waals surface area contributed by atoms with Gasteiger partial charge >= 0.3 is 0 Å². The summed E-state index contributed by atoms with van der Waals surface area (Å²) < 4.78 is 0. The van der Waals surface area contributed by atoms with Crippen molar-refractivity contribution in [1.82, 2.24) is 9.80 Å². The number of carbonyl (C=O) groups is 1. The van der Waals surface area contributed by atoms with Gasteiger partial charge in [0.05, 0.1) is 6.54 Å². The highest BCUT2D eigenvalue weighted by atomic mass is 16.2. The summed E-state index contributed by atoms with van der Waals surface area (Å²) in [6, 6.07) is 8.50. The Morgan fingerprint density at radius 1 is 1.16 bits per heavy atom. The monoisotopic (exact) mass is 340 g/mol. The first-order chi connectivity index (χ1) is 12.2. The molecular weight excluding hydrogens is 308 g/mol. The van der Waals surface area contributed by atoms with Crippen molar-refractivity contribution in [1.29, 1.82) is 0 Å². The fourth-order valence-electron chi connectivity index (χ4n) is 4.04. The van der Waals surface area contributed by atoms with E-state index in [1.807, 2.05) is 0 Å². The van der Waals surface area contributed by atoms with Crippen LogP contribution in [0.25, 0.3) is 6.08 Å². The molecule has 2 aliphatic rings. The zero-order chi connectivity index (χ0) is 17.6. The second-order valence-electron chi connectivity index (χ2n) is 7.73. The Bertz CT molecular complexity index is 602. The topological polar surface area (TPSA) is 23.6 Å². The number of likely N-dealkylation sites (tertiary alicyclic amines) is 2. The summed E-state index contributed by atoms with van der Waals surface area (Å²) in [6.07, 6.45) is 9.28. The normalized spacial score (nSPS) is 22.8. The number of rotatable bonds is 5. The van der Waals surface area contributed by atoms with E-state index in [1.165, 1.54) is 24.0 Å². The second kappa shape index (κ2) is 8.66. The Hall–Kier alpha value is -1.61. The number of allylic oxidation sites excluding steroid dienone is 1. The average molecular weight is 341 g/mol. The first-order valence-electron chi connectivity index (χ1n) is 9.89. The minimum absolute atomic E-state index is 0.332. The van der Waals surface area contributed by atoms with Gasteiger partial charge in [-0.1, -0.05) is 49.8 Å². The van der Waals surface area contributed by atoms with Gasteiger partial charge in [-0.15, -0.1) is 0 Å². The Kier molecular flexibility index (Phi) is 6.30. The van der Waals surface area contributed by atoms with Gasteiger partial charge in [0.15, 0.2) is 0 Å². The molecule has 0 aromatic heterocycles. The van der Waals surface area contributed by atoms with Gasteiger partial charge in [-0.05, 0) is 55.7 Å². The number of hydrogen-bond acceptors (Lipinski definition) is 2. The van der Waals surface area contributed by atoms with Gasteiger partial charge in [-0.25, -0.2) is 0 Å². The lowest BCUT2D eigenvalue weighted by Gasteiger charge is -2.32. The summed E-state index contributed by atoms with van der Waals surface area (Å²) in [5, 5.41) is 0. The molecule has 25 heavy (non-hydrogen) atoms. The molecule has 1 aromatic rings. The molecule has 0 bridgehead atoms. The van der Waals surface area contributed by atoms with Crippen LogP contribution in [0.2, 0.25) is 0 Å². The number of piperidine rings is 1. The first-order valence-corrected chi connectivity index (χ1v) is 9.89. The molecule has 3 nitrogen and oxygen atoms in total. The van der Waals surface area contributed by atoms with Crippen molar-refractivity contribution in [2.75, 3.05) is 32.7 Å². The van der Waals surface area contributed by atoms with Crippen LogP contribution in [0, 0.1) is 18.8 Å². The third kappa shape index (κ3) is 4.94. The predicted octanol–water partition coefficient (Wildman–Crippen LogP) is 3.98. The van der Waals surface area contributed by atoms with Crippen LogP contribution in [0.15, 0.2) is 30.3 Å². The molecule has 1 aromatic carbocycles. The van der Waals surface area contributed by atoms with Crippen molar-refractivity contribution < 1.29 is 4.79 Å². The quantitative estimate of drug-likeness (QED) is 0.809. The first kappa shape index (κ1) is 18.2. The number of hydrogen-bond donors (Lipinski definition) is 0. The number of nitrogens with zero attached hydrogens (tertiary/aromatic N) is 2. The summed E-state index contributed by atoms with van der Waals surface area (Å²) in [4.78, 5) is 17.0. The molecule has 1 amide bonds. The highest BCUT2D eigenvalue weighted by Crippen LogP contribution is 2.22. The maximum atomic E-state index is 12.5. The molecule has 0 radical (unpaired) electrons. The molecule has 2 saturated heterocycles. The van der Waals surface area contributed by atoms with Crippen LogP contribution in [-0.2, 0) is 4.79 Å². The lowest BCUT2D eigenvalue weighted by Crippen LogP contribution is -2.43. The summed E-state index contributed by atoms with van der Waals surface area (Å²) in [5.74, 6) is 1.73. The summed E-state index contributed by atoms with van der Waals surface area (Å²) in [6.45, 7) is 9.06. The van der Waals surface area contributed by atoms with Gasteiger partial charge in [-0.3, -0.25) is 9.69 Å². The maximum absolute atomic E-state index is 12.5. The highest BCUT2D eigenvalue weighted by molar-refractivity contribution is 5.78. The van der Waals surface area contributed by atoms with E-state index >= 15 is 0 Å². The number of aryl methyl sites for hydroxylation is 1. The molecule has 3 rings (SSSR count). The minimum atomic E-state index is 0.332. The molecule has 1 unspecified atom stereocenters. The standard InChI is InChI=1S/C22H32N2O/c1-3-19-10-13-23(16-19)17-22(25)24-14-11-20(12-15-24)8-9-21-7-5-4-6-18(21)2/h4-9,19-20H,3,10-17H2,1-2H3/b9-8+. The SMILES string of the molecule is CCC1CCN(CC(=O)N2CCC(/C=C/c3ccccc3C)CC2)C1. The molecule has 1 atom stereocenters. The maximum Gasteiger partial charge on any atom is 0.236 e. The van der Waals surface area contributed by atoms with E-state index in [0.29, 0.717) is 18.4 Å². The molecule has 3 heteroatoms. The lowest BCUT2D eigenvalue weighted by molar-refractivity contribution is -0.133. The van der Waals surface area contributed by atoms with E-state index in [2.05, 4.69) is 60.1 Å². The lowest BCUT2D eigenvalue weighted by atomic mass is 9.95. The Morgan fingerprint density at radius 3 is 2.60 bits per heavy atom. The number of carbonyl (C=O) groups excluding carboxylic acids is 1. The highest BCUT2D eigenvalue weighted by Gasteiger charge is 2.26. The molecule has 0 saturated carbocycles. The van der Waals surface area contributed by atoms with Gasteiger partial charge < -0.3 is 4.90 Å². The minimum Gasteiger partial charge on any atom is -0.342 e. The molecule has 2 fully saturated rings. The summed E-state index contributed by atoms with van der Waals surface area (Å²) in [7, 11) is 0. The van der Waals surface area contributed by atoms with Crippen molar-refractivity contribution in [3.05, 3.63) is 41.5 Å². The van der Waals surface area contributed by atoms with Gasteiger partial charge in [0, 0.05) is 19.6 Å². The molecule has 136 valence electrons. The van der Waals surface area contributed by atoms with Crippen molar-refractivity contribution in [2.45, 2.75) is 39.5 Å². The number of amides is 1. The van der Waals surface area contributed by atoms with Crippen LogP contribution in [-0.4, -0.2) is 48.4 Å². The van der Waals surface area contributed by atoms with Crippen LogP contribution in [0.4, 0.5) is 0 Å². The van der Waals surface area contributed by atoms with E-state index in [4.69, 9.17) is 0 Å². The van der Waals surface area contributed by atoms with Crippen LogP contribution in [0.3, 0.4) is 0 Å². The van der Waals surface area contributed by atoms with Crippen molar-refractivity contribution in [2.24, 2.45) is 11.8 Å². The number of benzene rings is 1. The van der Waals surface area contributed by atoms with Crippen molar-refractivity contribution >= 4 is 12.0 Å². The van der Waals surface area contributed by atoms with Gasteiger partial charge in [0.1, 0.15) is 0 Å². The predicted molar refractivity (Wildman–Crippen MR) is 104 cm³/mol. The summed E-state index contributed by atoms with van der Waals surface area (Å²) in [5.41, 5.74) is 2.63. The average Bonchev–Trinajstić information content (AvgIpc) is 3.09. The van der Waals surface area contributed by atoms with E-state index in [-0.39, 0.29) is 0 Å². The van der Waals surface area contributed by atoms with Crippen LogP contribution in [0.5, 0.6) is 0 Å². The molecule has 0 aliphatic carbocycles. The molecule has 2 aliphatic heterocycles. The van der Waals surface area contributed by atoms with E-state index in [0.717, 1.165) is 44.9 Å². The Morgan fingerprint density at radius 2 is 1.92 bits per heavy atom. The van der Waals surface area contributed by atoms with Gasteiger partial charge in [-0.2, -0.15) is 0 Å². The third-order valence-electron chi connectivity index (χ3n) is 5.93. The largest absolute Gasteiger partial charge is 0.342 e. The van der Waals surface area contributed by atoms with Crippen LogP contribution >= 0.6 is 0 Å². The second-order valence-corrected chi connectivity index (χ2v) is 7.73. The zero-order valence-electron chi connectivity index (χ0n) is 15.8. The fourth-order valence-corrected chi connectivity index (χ4v) is 4.04. The fraction of sp³-hybridized carbons (Fsp3) is 0.591. The summed E-state index contributed by atoms with van der Waals surface area (Å²) >= 11 is 0. The molecule has 0 N–H and O–H groups in total. The molecule has 2 heterocycles. The van der Waals surface area contributed by atoms with Gasteiger partial charge in [0.2, 0.25) is 5.91 Å².